The third-order valence-corrected chi connectivity index (χ3v) is 4.92. The van der Waals surface area contributed by atoms with Crippen molar-refractivity contribution in [2.45, 2.75) is 31.7 Å². The average molecular weight is 337 g/mol. The number of hydrogen-bond donors (Lipinski definition) is 0. The number of ketones is 1. The molecular weight excluding hydrogens is 320 g/mol. The molecule has 3 rings (SSSR count). The second-order valence-electron chi connectivity index (χ2n) is 5.53. The van der Waals surface area contributed by atoms with Crippen molar-refractivity contribution in [3.8, 4) is 0 Å². The number of carbonyl (C=O) groups excluding carboxylic acids is 2. The third kappa shape index (κ3) is 2.19. The zero-order chi connectivity index (χ0) is 14.3. The Bertz CT molecular complexity index is 567. The molecule has 0 N–H and O–H groups in total. The minimum absolute atomic E-state index is 0.410. The van der Waals surface area contributed by atoms with E-state index in [1.165, 1.54) is 25.7 Å². The largest absolute Gasteiger partial charge is 0.300 e. The second kappa shape index (κ2) is 5.30. The SMILES string of the molecule is CN(CN1C(=O)C(=O)c2c(Br)cccc21)C1CCCC1. The standard InChI is InChI=1S/C15H17BrN2O2/c1-17(10-5-2-3-6-10)9-18-12-8-4-7-11(16)13(12)14(19)15(18)20/h4,7-8,10H,2-3,5-6,9H2,1H3. The summed E-state index contributed by atoms with van der Waals surface area (Å²) >= 11 is 3.36. The summed E-state index contributed by atoms with van der Waals surface area (Å²) in [5.74, 6) is -0.830. The molecule has 4 nitrogen and oxygen atoms in total. The Balaban J connectivity index is 1.86. The third-order valence-electron chi connectivity index (χ3n) is 4.26. The van der Waals surface area contributed by atoms with E-state index in [9.17, 15) is 9.59 Å². The highest BCUT2D eigenvalue weighted by Gasteiger charge is 2.38. The molecule has 5 heteroatoms. The van der Waals surface area contributed by atoms with E-state index < -0.39 is 11.7 Å². The molecule has 1 aromatic rings. The number of anilines is 1. The maximum atomic E-state index is 12.2. The number of hydrogen-bond acceptors (Lipinski definition) is 3. The van der Waals surface area contributed by atoms with Crippen LogP contribution in [-0.2, 0) is 4.79 Å². The van der Waals surface area contributed by atoms with Gasteiger partial charge in [0.25, 0.3) is 5.78 Å². The van der Waals surface area contributed by atoms with Crippen LogP contribution in [0.5, 0.6) is 0 Å². The highest BCUT2D eigenvalue weighted by Crippen LogP contribution is 2.34. The molecule has 0 spiro atoms. The zero-order valence-corrected chi connectivity index (χ0v) is 13.0. The number of benzene rings is 1. The number of fused-ring (bicyclic) bond motifs is 1. The van der Waals surface area contributed by atoms with Gasteiger partial charge in [-0.2, -0.15) is 0 Å². The molecule has 106 valence electrons. The number of Topliss-reactive ketones (excluding diaryl/α,β-unsaturated/α-hetero) is 1. The summed E-state index contributed by atoms with van der Waals surface area (Å²) in [6.07, 6.45) is 4.86. The lowest BCUT2D eigenvalue weighted by Crippen LogP contribution is -2.42. The van der Waals surface area contributed by atoms with E-state index in [1.807, 2.05) is 19.2 Å². The van der Waals surface area contributed by atoms with E-state index in [-0.39, 0.29) is 0 Å². The summed E-state index contributed by atoms with van der Waals surface area (Å²) in [6, 6.07) is 6.02. The van der Waals surface area contributed by atoms with Crippen LogP contribution in [0.3, 0.4) is 0 Å². The summed E-state index contributed by atoms with van der Waals surface area (Å²) in [7, 11) is 2.03. The minimum atomic E-state index is -0.420. The predicted octanol–water partition coefficient (Wildman–Crippen LogP) is 2.81. The molecule has 0 unspecified atom stereocenters. The van der Waals surface area contributed by atoms with Gasteiger partial charge in [-0.05, 0) is 48.0 Å². The van der Waals surface area contributed by atoms with Gasteiger partial charge in [0, 0.05) is 10.5 Å². The maximum Gasteiger partial charge on any atom is 0.300 e. The Kier molecular flexibility index (Phi) is 3.65. The van der Waals surface area contributed by atoms with Crippen molar-refractivity contribution in [3.05, 3.63) is 28.2 Å². The van der Waals surface area contributed by atoms with Crippen LogP contribution in [0.2, 0.25) is 0 Å². The first kappa shape index (κ1) is 13.8. The van der Waals surface area contributed by atoms with Crippen LogP contribution in [0.1, 0.15) is 36.0 Å². The summed E-state index contributed by atoms with van der Waals surface area (Å²) in [4.78, 5) is 28.1. The van der Waals surface area contributed by atoms with Crippen LogP contribution in [0.25, 0.3) is 0 Å². The Morgan fingerprint density at radius 1 is 1.30 bits per heavy atom. The van der Waals surface area contributed by atoms with Crippen LogP contribution in [0.4, 0.5) is 5.69 Å². The molecule has 1 fully saturated rings. The molecule has 0 radical (unpaired) electrons. The molecule has 0 bridgehead atoms. The summed E-state index contributed by atoms with van der Waals surface area (Å²) < 4.78 is 0.694. The van der Waals surface area contributed by atoms with Gasteiger partial charge in [0.1, 0.15) is 0 Å². The molecule has 1 amide bonds. The fourth-order valence-electron chi connectivity index (χ4n) is 3.13. The Labute approximate surface area is 126 Å². The van der Waals surface area contributed by atoms with Gasteiger partial charge in [-0.3, -0.25) is 19.4 Å². The number of rotatable bonds is 3. The van der Waals surface area contributed by atoms with Gasteiger partial charge >= 0.3 is 5.91 Å². The lowest BCUT2D eigenvalue weighted by atomic mass is 10.1. The van der Waals surface area contributed by atoms with E-state index in [0.717, 1.165) is 5.69 Å². The Morgan fingerprint density at radius 2 is 2.00 bits per heavy atom. The van der Waals surface area contributed by atoms with Crippen LogP contribution in [0, 0.1) is 0 Å². The molecule has 1 aliphatic carbocycles. The number of carbonyl (C=O) groups is 2. The summed E-state index contributed by atoms with van der Waals surface area (Å²) in [5, 5.41) is 0. The molecule has 0 aromatic heterocycles. The molecule has 1 saturated carbocycles. The van der Waals surface area contributed by atoms with E-state index in [4.69, 9.17) is 0 Å². The van der Waals surface area contributed by atoms with Crippen molar-refractivity contribution in [1.29, 1.82) is 0 Å². The highest BCUT2D eigenvalue weighted by atomic mass is 79.9. The first-order valence-corrected chi connectivity index (χ1v) is 7.74. The number of nitrogens with zero attached hydrogens (tertiary/aromatic N) is 2. The van der Waals surface area contributed by atoms with E-state index in [0.29, 0.717) is 22.7 Å². The molecule has 2 aliphatic rings. The molecule has 1 aliphatic heterocycles. The molecule has 1 aromatic carbocycles. The smallest absolute Gasteiger partial charge is 0.291 e. The highest BCUT2D eigenvalue weighted by molar-refractivity contribution is 9.10. The van der Waals surface area contributed by atoms with Gasteiger partial charge in [0.05, 0.1) is 17.9 Å². The van der Waals surface area contributed by atoms with E-state index >= 15 is 0 Å². The van der Waals surface area contributed by atoms with Crippen molar-refractivity contribution in [2.24, 2.45) is 0 Å². The lowest BCUT2D eigenvalue weighted by molar-refractivity contribution is -0.114. The van der Waals surface area contributed by atoms with Crippen molar-refractivity contribution in [1.82, 2.24) is 4.90 Å². The van der Waals surface area contributed by atoms with Gasteiger partial charge in [0.2, 0.25) is 0 Å². The molecule has 0 saturated heterocycles. The first-order chi connectivity index (χ1) is 9.59. The summed E-state index contributed by atoms with van der Waals surface area (Å²) in [6.45, 7) is 0.485. The summed E-state index contributed by atoms with van der Waals surface area (Å²) in [5.41, 5.74) is 1.22. The number of halogens is 1. The Morgan fingerprint density at radius 3 is 2.70 bits per heavy atom. The van der Waals surface area contributed by atoms with Crippen LogP contribution in [0.15, 0.2) is 22.7 Å². The number of amides is 1. The average Bonchev–Trinajstić information content (AvgIpc) is 3.03. The van der Waals surface area contributed by atoms with Crippen LogP contribution >= 0.6 is 15.9 Å². The fourth-order valence-corrected chi connectivity index (χ4v) is 3.66. The minimum Gasteiger partial charge on any atom is -0.291 e. The van der Waals surface area contributed by atoms with Crippen LogP contribution in [-0.4, -0.2) is 36.3 Å². The molecule has 20 heavy (non-hydrogen) atoms. The van der Waals surface area contributed by atoms with Gasteiger partial charge in [-0.25, -0.2) is 0 Å². The predicted molar refractivity (Wildman–Crippen MR) is 80.8 cm³/mol. The maximum absolute atomic E-state index is 12.2. The molecule has 0 atom stereocenters. The monoisotopic (exact) mass is 336 g/mol. The molecular formula is C15H17BrN2O2. The van der Waals surface area contributed by atoms with E-state index in [1.54, 1.807) is 11.0 Å². The van der Waals surface area contributed by atoms with Crippen molar-refractivity contribution < 1.29 is 9.59 Å². The zero-order valence-electron chi connectivity index (χ0n) is 11.4. The quantitative estimate of drug-likeness (QED) is 0.797. The van der Waals surface area contributed by atoms with Crippen molar-refractivity contribution in [2.75, 3.05) is 18.6 Å². The normalized spacial score (nSPS) is 19.2. The lowest BCUT2D eigenvalue weighted by Gasteiger charge is -2.29. The van der Waals surface area contributed by atoms with Crippen LogP contribution < -0.4 is 4.90 Å². The fraction of sp³-hybridized carbons (Fsp3) is 0.467. The Hall–Kier alpha value is -1.20. The topological polar surface area (TPSA) is 40.6 Å². The van der Waals surface area contributed by atoms with Gasteiger partial charge in [-0.15, -0.1) is 0 Å². The van der Waals surface area contributed by atoms with Crippen molar-refractivity contribution in [3.63, 3.8) is 0 Å². The van der Waals surface area contributed by atoms with Gasteiger partial charge in [-0.1, -0.05) is 18.9 Å². The molecule has 1 heterocycles. The second-order valence-corrected chi connectivity index (χ2v) is 6.39. The first-order valence-electron chi connectivity index (χ1n) is 6.94. The van der Waals surface area contributed by atoms with Crippen molar-refractivity contribution >= 4 is 33.3 Å². The van der Waals surface area contributed by atoms with Gasteiger partial charge < -0.3 is 0 Å². The van der Waals surface area contributed by atoms with Gasteiger partial charge in [0.15, 0.2) is 0 Å². The van der Waals surface area contributed by atoms with E-state index in [2.05, 4.69) is 20.8 Å².